The zero-order valence-corrected chi connectivity index (χ0v) is 16.0. The Morgan fingerprint density at radius 1 is 1.17 bits per heavy atom. The van der Waals surface area contributed by atoms with E-state index < -0.39 is 0 Å². The Hall–Kier alpha value is -1.36. The minimum absolute atomic E-state index is 0.0663. The molecular formula is C19H28N2O2S. The lowest BCUT2D eigenvalue weighted by Gasteiger charge is -2.39. The van der Waals surface area contributed by atoms with Crippen molar-refractivity contribution in [3.05, 3.63) is 21.9 Å². The third kappa shape index (κ3) is 3.23. The Kier molecular flexibility index (Phi) is 4.73. The molecule has 3 heterocycles. The van der Waals surface area contributed by atoms with E-state index in [2.05, 4.69) is 23.3 Å². The number of nitrogens with zero attached hydrogens (tertiary/aromatic N) is 2. The van der Waals surface area contributed by atoms with Crippen LogP contribution in [-0.4, -0.2) is 41.2 Å². The van der Waals surface area contributed by atoms with Crippen LogP contribution in [0.4, 0.5) is 0 Å². The second kappa shape index (κ2) is 6.51. The van der Waals surface area contributed by atoms with Gasteiger partial charge in [0.25, 0.3) is 0 Å². The summed E-state index contributed by atoms with van der Waals surface area (Å²) in [7, 11) is 0. The highest BCUT2D eigenvalue weighted by molar-refractivity contribution is 7.10. The summed E-state index contributed by atoms with van der Waals surface area (Å²) in [5.74, 6) is 0.543. The summed E-state index contributed by atoms with van der Waals surface area (Å²) < 4.78 is 0. The fraction of sp³-hybridized carbons (Fsp3) is 0.684. The molecule has 0 bridgehead atoms. The van der Waals surface area contributed by atoms with Gasteiger partial charge in [0, 0.05) is 35.8 Å². The van der Waals surface area contributed by atoms with E-state index in [0.717, 1.165) is 25.8 Å². The lowest BCUT2D eigenvalue weighted by Crippen LogP contribution is -2.48. The summed E-state index contributed by atoms with van der Waals surface area (Å²) in [4.78, 5) is 30.8. The van der Waals surface area contributed by atoms with E-state index >= 15 is 0 Å². The lowest BCUT2D eigenvalue weighted by atomic mass is 9.89. The molecule has 2 aliphatic rings. The molecule has 132 valence electrons. The molecule has 4 nitrogen and oxygen atoms in total. The van der Waals surface area contributed by atoms with Crippen molar-refractivity contribution < 1.29 is 9.59 Å². The van der Waals surface area contributed by atoms with Gasteiger partial charge in [0.05, 0.1) is 6.04 Å². The van der Waals surface area contributed by atoms with E-state index in [-0.39, 0.29) is 29.2 Å². The van der Waals surface area contributed by atoms with Crippen molar-refractivity contribution in [1.82, 2.24) is 9.80 Å². The Morgan fingerprint density at radius 3 is 2.46 bits per heavy atom. The molecule has 0 radical (unpaired) electrons. The van der Waals surface area contributed by atoms with Crippen molar-refractivity contribution in [2.45, 2.75) is 53.0 Å². The average molecular weight is 349 g/mol. The van der Waals surface area contributed by atoms with Crippen molar-refractivity contribution >= 4 is 23.2 Å². The number of thiophene rings is 1. The monoisotopic (exact) mass is 348 g/mol. The fourth-order valence-electron chi connectivity index (χ4n) is 3.85. The largest absolute Gasteiger partial charge is 0.342 e. The second-order valence-electron chi connectivity index (χ2n) is 8.07. The normalized spacial score (nSPS) is 22.4. The first-order chi connectivity index (χ1) is 11.3. The molecule has 2 amide bonds. The topological polar surface area (TPSA) is 40.6 Å². The van der Waals surface area contributed by atoms with Gasteiger partial charge in [-0.1, -0.05) is 20.8 Å². The number of carbonyl (C=O) groups excluding carboxylic acids is 2. The van der Waals surface area contributed by atoms with Gasteiger partial charge in [-0.25, -0.2) is 0 Å². The SMILES string of the molecule is CC1c2ccsc2CCN1C(=O)C1CCN(C(=O)C(C)(C)C)CC1. The number of fused-ring (bicyclic) bond motifs is 1. The first kappa shape index (κ1) is 17.5. The highest BCUT2D eigenvalue weighted by atomic mass is 32.1. The molecule has 1 atom stereocenters. The van der Waals surface area contributed by atoms with Gasteiger partial charge in [-0.05, 0) is 43.2 Å². The summed E-state index contributed by atoms with van der Waals surface area (Å²) in [6, 6.07) is 2.34. The predicted octanol–water partition coefficient (Wildman–Crippen LogP) is 3.48. The van der Waals surface area contributed by atoms with Gasteiger partial charge >= 0.3 is 0 Å². The van der Waals surface area contributed by atoms with Crippen molar-refractivity contribution in [3.63, 3.8) is 0 Å². The molecule has 0 aliphatic carbocycles. The molecule has 2 aliphatic heterocycles. The zero-order chi connectivity index (χ0) is 17.5. The maximum absolute atomic E-state index is 13.0. The third-order valence-corrected chi connectivity index (χ3v) is 6.33. The summed E-state index contributed by atoms with van der Waals surface area (Å²) in [6.45, 7) is 10.3. The van der Waals surface area contributed by atoms with E-state index in [4.69, 9.17) is 0 Å². The average Bonchev–Trinajstić information content (AvgIpc) is 3.03. The molecule has 5 heteroatoms. The van der Waals surface area contributed by atoms with Crippen LogP contribution in [0, 0.1) is 11.3 Å². The molecule has 0 saturated carbocycles. The second-order valence-corrected chi connectivity index (χ2v) is 9.07. The molecule has 1 fully saturated rings. The maximum atomic E-state index is 13.0. The van der Waals surface area contributed by atoms with Crippen LogP contribution in [0.25, 0.3) is 0 Å². The standard InChI is InChI=1S/C19H28N2O2S/c1-13-15-8-12-24-16(15)7-11-21(13)17(22)14-5-9-20(10-6-14)18(23)19(2,3)4/h8,12-14H,5-7,9-11H2,1-4H3. The number of likely N-dealkylation sites (tertiary alicyclic amines) is 1. The lowest BCUT2D eigenvalue weighted by molar-refractivity contribution is -0.146. The molecule has 3 rings (SSSR count). The smallest absolute Gasteiger partial charge is 0.227 e. The Morgan fingerprint density at radius 2 is 1.83 bits per heavy atom. The first-order valence-electron chi connectivity index (χ1n) is 8.95. The van der Waals surface area contributed by atoms with Crippen LogP contribution in [0.3, 0.4) is 0 Å². The van der Waals surface area contributed by atoms with Crippen LogP contribution >= 0.6 is 11.3 Å². The number of carbonyl (C=O) groups is 2. The summed E-state index contributed by atoms with van der Waals surface area (Å²) in [6.07, 6.45) is 2.56. The molecule has 0 N–H and O–H groups in total. The Bertz CT molecular complexity index is 624. The predicted molar refractivity (Wildman–Crippen MR) is 96.9 cm³/mol. The number of hydrogen-bond donors (Lipinski definition) is 0. The van der Waals surface area contributed by atoms with E-state index in [1.165, 1.54) is 10.4 Å². The summed E-state index contributed by atoms with van der Waals surface area (Å²) in [5.41, 5.74) is 0.980. The number of piperidine rings is 1. The number of rotatable bonds is 1. The van der Waals surface area contributed by atoms with Gasteiger partial charge in [0.15, 0.2) is 0 Å². The minimum Gasteiger partial charge on any atom is -0.342 e. The number of hydrogen-bond acceptors (Lipinski definition) is 3. The van der Waals surface area contributed by atoms with Crippen molar-refractivity contribution in [1.29, 1.82) is 0 Å². The van der Waals surface area contributed by atoms with E-state index in [1.807, 2.05) is 25.7 Å². The van der Waals surface area contributed by atoms with Gasteiger partial charge in [-0.15, -0.1) is 11.3 Å². The van der Waals surface area contributed by atoms with Crippen molar-refractivity contribution in [2.24, 2.45) is 11.3 Å². The van der Waals surface area contributed by atoms with Crippen LogP contribution in [0.2, 0.25) is 0 Å². The molecule has 24 heavy (non-hydrogen) atoms. The van der Waals surface area contributed by atoms with Crippen molar-refractivity contribution in [2.75, 3.05) is 19.6 Å². The third-order valence-electron chi connectivity index (χ3n) is 5.33. The van der Waals surface area contributed by atoms with Crippen LogP contribution in [0.1, 0.15) is 57.0 Å². The van der Waals surface area contributed by atoms with Crippen molar-refractivity contribution in [3.8, 4) is 0 Å². The Labute approximate surface area is 148 Å². The highest BCUT2D eigenvalue weighted by Crippen LogP contribution is 2.35. The van der Waals surface area contributed by atoms with E-state index in [9.17, 15) is 9.59 Å². The molecule has 1 saturated heterocycles. The first-order valence-corrected chi connectivity index (χ1v) is 9.83. The maximum Gasteiger partial charge on any atom is 0.227 e. The molecule has 0 aromatic carbocycles. The van der Waals surface area contributed by atoms with Gasteiger partial charge in [-0.3, -0.25) is 9.59 Å². The van der Waals surface area contributed by atoms with Gasteiger partial charge in [0.1, 0.15) is 0 Å². The highest BCUT2D eigenvalue weighted by Gasteiger charge is 2.36. The molecule has 1 aromatic heterocycles. The minimum atomic E-state index is -0.340. The van der Waals surface area contributed by atoms with Crippen LogP contribution in [0.15, 0.2) is 11.4 Å². The van der Waals surface area contributed by atoms with Gasteiger partial charge in [0.2, 0.25) is 11.8 Å². The van der Waals surface area contributed by atoms with Crippen LogP contribution < -0.4 is 0 Å². The van der Waals surface area contributed by atoms with Crippen LogP contribution in [-0.2, 0) is 16.0 Å². The molecular weight excluding hydrogens is 320 g/mol. The van der Waals surface area contributed by atoms with Crippen LogP contribution in [0.5, 0.6) is 0 Å². The molecule has 1 unspecified atom stereocenters. The fourth-order valence-corrected chi connectivity index (χ4v) is 4.81. The number of amides is 2. The Balaban J connectivity index is 1.61. The molecule has 0 spiro atoms. The molecule has 1 aromatic rings. The quantitative estimate of drug-likeness (QED) is 0.779. The summed E-state index contributed by atoms with van der Waals surface area (Å²) in [5, 5.41) is 2.13. The van der Waals surface area contributed by atoms with E-state index in [1.54, 1.807) is 11.3 Å². The van der Waals surface area contributed by atoms with E-state index in [0.29, 0.717) is 13.1 Å². The zero-order valence-electron chi connectivity index (χ0n) is 15.2. The van der Waals surface area contributed by atoms with Gasteiger partial charge < -0.3 is 9.80 Å². The summed E-state index contributed by atoms with van der Waals surface area (Å²) >= 11 is 1.80. The van der Waals surface area contributed by atoms with Gasteiger partial charge in [-0.2, -0.15) is 0 Å².